The highest BCUT2D eigenvalue weighted by molar-refractivity contribution is 6.82. The molecule has 0 aliphatic carbocycles. The van der Waals surface area contributed by atoms with Gasteiger partial charge < -0.3 is 8.85 Å². The molecule has 0 radical (unpaired) electrons. The van der Waals surface area contributed by atoms with Crippen LogP contribution in [0, 0.1) is 0 Å². The Morgan fingerprint density at radius 3 is 2.00 bits per heavy atom. The predicted octanol–water partition coefficient (Wildman–Crippen LogP) is 6.30. The summed E-state index contributed by atoms with van der Waals surface area (Å²) in [6, 6.07) is 1.35. The quantitative estimate of drug-likeness (QED) is 0.395. The summed E-state index contributed by atoms with van der Waals surface area (Å²) in [6.45, 7) is 27.1. The van der Waals surface area contributed by atoms with Crippen molar-refractivity contribution >= 4 is 24.7 Å². The molecule has 0 amide bonds. The molecule has 0 rings (SSSR count). The maximum atomic E-state index is 6.81. The van der Waals surface area contributed by atoms with E-state index in [0.717, 1.165) is 6.42 Å². The van der Waals surface area contributed by atoms with Crippen molar-refractivity contribution < 1.29 is 8.85 Å². The van der Waals surface area contributed by atoms with Gasteiger partial charge in [-0.15, -0.1) is 6.58 Å². The minimum absolute atomic E-state index is 0.152. The van der Waals surface area contributed by atoms with Crippen LogP contribution in [0.4, 0.5) is 0 Å². The van der Waals surface area contributed by atoms with E-state index in [-0.39, 0.29) is 5.22 Å². The zero-order chi connectivity index (χ0) is 18.5. The van der Waals surface area contributed by atoms with E-state index in [2.05, 4.69) is 73.6 Å². The molecule has 0 aromatic carbocycles. The monoisotopic (exact) mass is 374 g/mol. The van der Waals surface area contributed by atoms with Crippen LogP contribution in [0.15, 0.2) is 12.3 Å². The van der Waals surface area contributed by atoms with Gasteiger partial charge in [-0.05, 0) is 46.5 Å². The van der Waals surface area contributed by atoms with E-state index in [9.17, 15) is 0 Å². The van der Waals surface area contributed by atoms with Crippen molar-refractivity contribution in [1.29, 1.82) is 0 Å². The third-order valence-corrected chi connectivity index (χ3v) is 16.0. The minimum Gasteiger partial charge on any atom is -0.415 e. The van der Waals surface area contributed by atoms with Crippen LogP contribution in [-0.4, -0.2) is 35.7 Å². The highest BCUT2D eigenvalue weighted by Gasteiger charge is 2.49. The summed E-state index contributed by atoms with van der Waals surface area (Å²) in [5, 5.41) is -0.152. The Kier molecular flexibility index (Phi) is 8.72. The summed E-state index contributed by atoms with van der Waals surface area (Å²) >= 11 is 0. The van der Waals surface area contributed by atoms with Crippen molar-refractivity contribution in [2.24, 2.45) is 0 Å². The van der Waals surface area contributed by atoms with Crippen LogP contribution in [0.3, 0.4) is 0 Å². The molecule has 0 fully saturated rings. The Hall–Kier alpha value is 0.311. The van der Waals surface area contributed by atoms with Crippen LogP contribution >= 0.6 is 0 Å². The fraction of sp³-hybridized carbons (Fsp3) is 0.889. The van der Waals surface area contributed by atoms with E-state index in [1.807, 2.05) is 5.70 Å². The lowest BCUT2D eigenvalue weighted by atomic mass is 10.3. The van der Waals surface area contributed by atoms with Crippen LogP contribution in [0.1, 0.15) is 47.0 Å². The van der Waals surface area contributed by atoms with E-state index in [0.29, 0.717) is 5.73 Å². The second-order valence-electron chi connectivity index (χ2n) is 8.86. The van der Waals surface area contributed by atoms with Gasteiger partial charge in [0.15, 0.2) is 0 Å². The topological polar surface area (TPSA) is 18.5 Å². The van der Waals surface area contributed by atoms with E-state index >= 15 is 0 Å². The van der Waals surface area contributed by atoms with Crippen molar-refractivity contribution in [1.82, 2.24) is 0 Å². The molecule has 23 heavy (non-hydrogen) atoms. The molecular formula is C18H42O2Si3. The average molecular weight is 375 g/mol. The molecule has 0 saturated heterocycles. The van der Waals surface area contributed by atoms with Gasteiger partial charge in [-0.2, -0.15) is 0 Å². The number of rotatable bonds is 11. The first-order chi connectivity index (χ1) is 10.3. The van der Waals surface area contributed by atoms with Crippen molar-refractivity contribution in [3.05, 3.63) is 12.3 Å². The maximum Gasteiger partial charge on any atom is 0.216 e. The Labute approximate surface area is 149 Å². The van der Waals surface area contributed by atoms with Crippen LogP contribution in [0.5, 0.6) is 0 Å². The van der Waals surface area contributed by atoms with Gasteiger partial charge in [0.1, 0.15) is 0 Å². The molecular weight excluding hydrogens is 332 g/mol. The van der Waals surface area contributed by atoms with Gasteiger partial charge in [0, 0.05) is 5.73 Å². The van der Waals surface area contributed by atoms with E-state index < -0.39 is 24.7 Å². The molecule has 2 nitrogen and oxygen atoms in total. The highest BCUT2D eigenvalue weighted by Crippen LogP contribution is 2.35. The Morgan fingerprint density at radius 2 is 1.61 bits per heavy atom. The second kappa shape index (κ2) is 8.61. The minimum atomic E-state index is -2.00. The lowest BCUT2D eigenvalue weighted by Gasteiger charge is -2.48. The van der Waals surface area contributed by atoms with Gasteiger partial charge in [0.25, 0.3) is 0 Å². The van der Waals surface area contributed by atoms with Crippen molar-refractivity contribution in [3.63, 3.8) is 0 Å². The molecule has 0 bridgehead atoms. The molecule has 0 heterocycles. The summed E-state index contributed by atoms with van der Waals surface area (Å²) in [6.07, 6.45) is 3.60. The average Bonchev–Trinajstić information content (AvgIpc) is 2.43. The molecule has 0 aliphatic heterocycles. The Balaban J connectivity index is 5.23. The molecule has 0 saturated carbocycles. The molecule has 0 aromatic heterocycles. The predicted molar refractivity (Wildman–Crippen MR) is 113 cm³/mol. The maximum absolute atomic E-state index is 6.81. The largest absolute Gasteiger partial charge is 0.415 e. The summed E-state index contributed by atoms with van der Waals surface area (Å²) in [5.74, 6) is 0. The standard InChI is InChI=1S/C18H42O2Si3/c1-12-15-16-21(6,7)17(4)19-23(10,11)18(5,13-2)20-22(8,9)14-3/h14,17H,3,12-13,15-16H2,1-2,4-11H3/t17?,18-/m1/s1. The molecule has 0 N–H and O–H groups in total. The van der Waals surface area contributed by atoms with E-state index in [1.54, 1.807) is 0 Å². The van der Waals surface area contributed by atoms with Gasteiger partial charge in [0.05, 0.1) is 13.3 Å². The van der Waals surface area contributed by atoms with Gasteiger partial charge >= 0.3 is 0 Å². The highest BCUT2D eigenvalue weighted by atomic mass is 28.4. The zero-order valence-electron chi connectivity index (χ0n) is 17.5. The fourth-order valence-corrected chi connectivity index (χ4v) is 11.8. The van der Waals surface area contributed by atoms with Crippen LogP contribution in [-0.2, 0) is 8.85 Å². The number of hydrogen-bond acceptors (Lipinski definition) is 2. The third-order valence-electron chi connectivity index (χ3n) is 5.67. The van der Waals surface area contributed by atoms with Gasteiger partial charge in [-0.25, -0.2) is 0 Å². The fourth-order valence-electron chi connectivity index (χ4n) is 2.80. The number of unbranched alkanes of at least 4 members (excludes halogenated alkanes) is 1. The Morgan fingerprint density at radius 1 is 1.09 bits per heavy atom. The molecule has 0 aliphatic rings. The second-order valence-corrected chi connectivity index (χ2v) is 22.3. The molecule has 1 unspecified atom stereocenters. The smallest absolute Gasteiger partial charge is 0.216 e. The first kappa shape index (κ1) is 23.3. The number of hydrogen-bond donors (Lipinski definition) is 0. The molecule has 0 aromatic rings. The van der Waals surface area contributed by atoms with Crippen molar-refractivity contribution in [2.75, 3.05) is 0 Å². The van der Waals surface area contributed by atoms with Gasteiger partial charge in [-0.1, -0.05) is 51.5 Å². The first-order valence-electron chi connectivity index (χ1n) is 9.28. The normalized spacial score (nSPS) is 17.7. The third kappa shape index (κ3) is 6.61. The summed E-state index contributed by atoms with van der Waals surface area (Å²) in [5.41, 5.74) is 2.42. The van der Waals surface area contributed by atoms with Crippen LogP contribution in [0.2, 0.25) is 45.3 Å². The van der Waals surface area contributed by atoms with Crippen molar-refractivity contribution in [2.45, 2.75) is 103 Å². The first-order valence-corrected chi connectivity index (χ1v) is 18.5. The van der Waals surface area contributed by atoms with Crippen molar-refractivity contribution in [3.8, 4) is 0 Å². The summed E-state index contributed by atoms with van der Waals surface area (Å²) in [7, 11) is -5.17. The van der Waals surface area contributed by atoms with E-state index in [1.165, 1.54) is 18.9 Å². The molecule has 2 atom stereocenters. The molecule has 0 spiro atoms. The molecule has 138 valence electrons. The Bertz CT molecular complexity index is 380. The van der Waals surface area contributed by atoms with Crippen LogP contribution in [0.25, 0.3) is 0 Å². The lowest BCUT2D eigenvalue weighted by Crippen LogP contribution is -2.62. The summed E-state index contributed by atoms with van der Waals surface area (Å²) in [4.78, 5) is 0. The SMILES string of the molecule is C=C[Si](C)(C)O[C@@](C)(CC)[Si](C)(C)OC(C)[Si](C)(C)CCCC. The van der Waals surface area contributed by atoms with Crippen LogP contribution < -0.4 is 0 Å². The summed E-state index contributed by atoms with van der Waals surface area (Å²) < 4.78 is 13.5. The zero-order valence-corrected chi connectivity index (χ0v) is 20.5. The lowest BCUT2D eigenvalue weighted by molar-refractivity contribution is 0.113. The molecule has 5 heteroatoms. The van der Waals surface area contributed by atoms with Gasteiger partial charge in [0.2, 0.25) is 16.6 Å². The van der Waals surface area contributed by atoms with Gasteiger partial charge in [-0.3, -0.25) is 0 Å². The van der Waals surface area contributed by atoms with E-state index in [4.69, 9.17) is 8.85 Å².